The van der Waals surface area contributed by atoms with Crippen molar-refractivity contribution in [1.82, 2.24) is 0 Å². The molecule has 0 aliphatic rings. The summed E-state index contributed by atoms with van der Waals surface area (Å²) in [6.07, 6.45) is 3.59. The molecule has 0 aliphatic carbocycles. The molecule has 0 saturated heterocycles. The van der Waals surface area contributed by atoms with Crippen molar-refractivity contribution in [2.45, 2.75) is 59.8 Å². The Bertz CT molecular complexity index is 462. The fourth-order valence-electron chi connectivity index (χ4n) is 2.91. The van der Waals surface area contributed by atoms with Crippen LogP contribution >= 0.6 is 0 Å². The summed E-state index contributed by atoms with van der Waals surface area (Å²) < 4.78 is 0. The van der Waals surface area contributed by atoms with Gasteiger partial charge >= 0.3 is 0 Å². The summed E-state index contributed by atoms with van der Waals surface area (Å²) in [5.41, 5.74) is 0.173. The minimum absolute atomic E-state index is 0.0728. The van der Waals surface area contributed by atoms with Gasteiger partial charge in [-0.1, -0.05) is 64.4 Å². The number of rotatable bonds is 9. The predicted octanol–water partition coefficient (Wildman–Crippen LogP) is 5.07. The van der Waals surface area contributed by atoms with E-state index in [1.807, 2.05) is 37.3 Å². The lowest BCUT2D eigenvalue weighted by atomic mass is 9.72. The smallest absolute Gasteiger partial charge is 0.163 e. The van der Waals surface area contributed by atoms with Gasteiger partial charge < -0.3 is 0 Å². The predicted molar refractivity (Wildman–Crippen MR) is 87.5 cm³/mol. The first kappa shape index (κ1) is 17.6. The van der Waals surface area contributed by atoms with Gasteiger partial charge in [-0.2, -0.15) is 0 Å². The molecule has 0 amide bonds. The molecule has 0 bridgehead atoms. The Morgan fingerprint density at radius 3 is 2.29 bits per heavy atom. The van der Waals surface area contributed by atoms with Gasteiger partial charge in [-0.3, -0.25) is 9.59 Å². The average Bonchev–Trinajstić information content (AvgIpc) is 2.44. The third kappa shape index (κ3) is 5.45. The van der Waals surface area contributed by atoms with Gasteiger partial charge in [-0.25, -0.2) is 0 Å². The SMILES string of the molecule is CCCCC(=O)[C@](C)(CC(=O)c1ccccc1)CC(C)C. The van der Waals surface area contributed by atoms with Gasteiger partial charge in [0.1, 0.15) is 5.78 Å². The van der Waals surface area contributed by atoms with Crippen LogP contribution in [0.15, 0.2) is 30.3 Å². The summed E-state index contributed by atoms with van der Waals surface area (Å²) in [7, 11) is 0. The fraction of sp³-hybridized carbons (Fsp3) is 0.579. The van der Waals surface area contributed by atoms with Crippen LogP contribution < -0.4 is 0 Å². The lowest BCUT2D eigenvalue weighted by Crippen LogP contribution is -2.32. The van der Waals surface area contributed by atoms with Gasteiger partial charge in [0, 0.05) is 23.8 Å². The number of unbranched alkanes of at least 4 members (excludes halogenated alkanes) is 1. The highest BCUT2D eigenvalue weighted by Gasteiger charge is 2.35. The van der Waals surface area contributed by atoms with Crippen LogP contribution in [0.4, 0.5) is 0 Å². The number of benzene rings is 1. The highest BCUT2D eigenvalue weighted by molar-refractivity contribution is 6.00. The Kier molecular flexibility index (Phi) is 6.80. The molecule has 116 valence electrons. The summed E-state index contributed by atoms with van der Waals surface area (Å²) in [6.45, 7) is 8.27. The molecule has 1 aromatic rings. The zero-order valence-corrected chi connectivity index (χ0v) is 13.8. The summed E-state index contributed by atoms with van der Waals surface area (Å²) in [5, 5.41) is 0. The third-order valence-corrected chi connectivity index (χ3v) is 3.94. The standard InChI is InChI=1S/C19H28O2/c1-5-6-12-18(21)19(4,13-15(2)3)14-17(20)16-10-8-7-9-11-16/h7-11,15H,5-6,12-14H2,1-4H3/t19-/m0/s1. The molecule has 0 heterocycles. The minimum Gasteiger partial charge on any atom is -0.299 e. The highest BCUT2D eigenvalue weighted by atomic mass is 16.1. The van der Waals surface area contributed by atoms with E-state index >= 15 is 0 Å². The summed E-state index contributed by atoms with van der Waals surface area (Å²) in [5.74, 6) is 0.718. The third-order valence-electron chi connectivity index (χ3n) is 3.94. The van der Waals surface area contributed by atoms with Gasteiger partial charge in [0.25, 0.3) is 0 Å². The van der Waals surface area contributed by atoms with Crippen molar-refractivity contribution in [3.63, 3.8) is 0 Å². The lowest BCUT2D eigenvalue weighted by molar-refractivity contribution is -0.128. The molecule has 1 aromatic carbocycles. The molecule has 21 heavy (non-hydrogen) atoms. The van der Waals surface area contributed by atoms with Crippen LogP contribution in [-0.4, -0.2) is 11.6 Å². The van der Waals surface area contributed by atoms with Crippen molar-refractivity contribution in [3.05, 3.63) is 35.9 Å². The van der Waals surface area contributed by atoms with Crippen LogP contribution in [0.25, 0.3) is 0 Å². The second-order valence-corrected chi connectivity index (χ2v) is 6.65. The van der Waals surface area contributed by atoms with E-state index in [9.17, 15) is 9.59 Å². The first-order valence-corrected chi connectivity index (χ1v) is 8.00. The van der Waals surface area contributed by atoms with Crippen LogP contribution in [0.3, 0.4) is 0 Å². The van der Waals surface area contributed by atoms with Crippen LogP contribution in [0.1, 0.15) is 70.2 Å². The molecular weight excluding hydrogens is 260 g/mol. The van der Waals surface area contributed by atoms with E-state index in [-0.39, 0.29) is 11.6 Å². The zero-order chi connectivity index (χ0) is 15.9. The van der Waals surface area contributed by atoms with E-state index in [0.717, 1.165) is 19.3 Å². The van der Waals surface area contributed by atoms with E-state index in [4.69, 9.17) is 0 Å². The van der Waals surface area contributed by atoms with Crippen LogP contribution in [0.5, 0.6) is 0 Å². The average molecular weight is 288 g/mol. The topological polar surface area (TPSA) is 34.1 Å². The number of carbonyl (C=O) groups excluding carboxylic acids is 2. The van der Waals surface area contributed by atoms with Crippen molar-refractivity contribution >= 4 is 11.6 Å². The second kappa shape index (κ2) is 8.11. The van der Waals surface area contributed by atoms with Gasteiger partial charge in [-0.05, 0) is 18.8 Å². The van der Waals surface area contributed by atoms with E-state index < -0.39 is 5.41 Å². The number of ketones is 2. The van der Waals surface area contributed by atoms with Crippen LogP contribution in [-0.2, 0) is 4.79 Å². The van der Waals surface area contributed by atoms with E-state index in [1.54, 1.807) is 0 Å². The minimum atomic E-state index is -0.531. The van der Waals surface area contributed by atoms with Crippen molar-refractivity contribution < 1.29 is 9.59 Å². The zero-order valence-electron chi connectivity index (χ0n) is 13.8. The molecule has 2 heteroatoms. The molecule has 0 spiro atoms. The molecule has 1 atom stereocenters. The maximum atomic E-state index is 12.6. The van der Waals surface area contributed by atoms with E-state index in [2.05, 4.69) is 20.8 Å². The first-order chi connectivity index (χ1) is 9.89. The van der Waals surface area contributed by atoms with E-state index in [0.29, 0.717) is 24.3 Å². The summed E-state index contributed by atoms with van der Waals surface area (Å²) in [4.78, 5) is 25.0. The highest BCUT2D eigenvalue weighted by Crippen LogP contribution is 2.34. The van der Waals surface area contributed by atoms with Gasteiger partial charge in [-0.15, -0.1) is 0 Å². The molecule has 0 fully saturated rings. The summed E-state index contributed by atoms with van der Waals surface area (Å²) >= 11 is 0. The van der Waals surface area contributed by atoms with Gasteiger partial charge in [0.15, 0.2) is 5.78 Å². The Balaban J connectivity index is 2.87. The summed E-state index contributed by atoms with van der Waals surface area (Å²) in [6, 6.07) is 9.29. The molecule has 0 aliphatic heterocycles. The first-order valence-electron chi connectivity index (χ1n) is 8.00. The fourth-order valence-corrected chi connectivity index (χ4v) is 2.91. The quantitative estimate of drug-likeness (QED) is 0.594. The molecule has 1 rings (SSSR count). The Morgan fingerprint density at radius 2 is 1.76 bits per heavy atom. The molecule has 0 unspecified atom stereocenters. The normalized spacial score (nSPS) is 14.0. The monoisotopic (exact) mass is 288 g/mol. The van der Waals surface area contributed by atoms with Crippen molar-refractivity contribution in [2.75, 3.05) is 0 Å². The van der Waals surface area contributed by atoms with Crippen molar-refractivity contribution in [2.24, 2.45) is 11.3 Å². The largest absolute Gasteiger partial charge is 0.299 e. The maximum Gasteiger partial charge on any atom is 0.163 e. The maximum absolute atomic E-state index is 12.6. The van der Waals surface area contributed by atoms with Crippen LogP contribution in [0, 0.1) is 11.3 Å². The Morgan fingerprint density at radius 1 is 1.14 bits per heavy atom. The molecule has 2 nitrogen and oxygen atoms in total. The van der Waals surface area contributed by atoms with Crippen molar-refractivity contribution in [3.8, 4) is 0 Å². The Hall–Kier alpha value is -1.44. The number of hydrogen-bond donors (Lipinski definition) is 0. The lowest BCUT2D eigenvalue weighted by Gasteiger charge is -2.29. The van der Waals surface area contributed by atoms with Gasteiger partial charge in [0.05, 0.1) is 0 Å². The molecule has 0 aromatic heterocycles. The number of hydrogen-bond acceptors (Lipinski definition) is 2. The number of carbonyl (C=O) groups is 2. The number of Topliss-reactive ketones (excluding diaryl/α,β-unsaturated/α-hetero) is 2. The molecular formula is C19H28O2. The molecule has 0 radical (unpaired) electrons. The van der Waals surface area contributed by atoms with Crippen LogP contribution in [0.2, 0.25) is 0 Å². The van der Waals surface area contributed by atoms with Crippen molar-refractivity contribution in [1.29, 1.82) is 0 Å². The second-order valence-electron chi connectivity index (χ2n) is 6.65. The molecule has 0 saturated carbocycles. The Labute approximate surface area is 128 Å². The molecule has 0 N–H and O–H groups in total. The van der Waals surface area contributed by atoms with Gasteiger partial charge in [0.2, 0.25) is 0 Å². The van der Waals surface area contributed by atoms with E-state index in [1.165, 1.54) is 0 Å².